The highest BCUT2D eigenvalue weighted by molar-refractivity contribution is 7.91. The van der Waals surface area contributed by atoms with Crippen LogP contribution in [0.25, 0.3) is 11.0 Å². The van der Waals surface area contributed by atoms with E-state index < -0.39 is 80.2 Å². The van der Waals surface area contributed by atoms with Crippen LogP contribution in [0.5, 0.6) is 5.88 Å². The van der Waals surface area contributed by atoms with Gasteiger partial charge in [-0.25, -0.2) is 27.2 Å². The lowest BCUT2D eigenvalue weighted by Gasteiger charge is -2.30. The van der Waals surface area contributed by atoms with E-state index in [-0.39, 0.29) is 42.8 Å². The lowest BCUT2D eigenvalue weighted by Crippen LogP contribution is -2.58. The Kier molecular flexibility index (Phi) is 9.91. The van der Waals surface area contributed by atoms with Gasteiger partial charge in [-0.1, -0.05) is 37.1 Å². The maximum absolute atomic E-state index is 14.6. The molecule has 0 radical (unpaired) electrons. The fraction of sp³-hybridized carbons (Fsp3) is 0.459. The van der Waals surface area contributed by atoms with Crippen LogP contribution < -0.4 is 20.1 Å². The highest BCUT2D eigenvalue weighted by atomic mass is 32.2. The Balaban J connectivity index is 1.20. The molecule has 13 nitrogen and oxygen atoms in total. The molecule has 3 N–H and O–H groups in total. The number of allylic oxidation sites excluding steroid dienone is 1. The summed E-state index contributed by atoms with van der Waals surface area (Å²) in [7, 11) is -3.93. The number of hydrogen-bond donors (Lipinski definition) is 3. The van der Waals surface area contributed by atoms with Crippen molar-refractivity contribution in [3.63, 3.8) is 0 Å². The molecule has 1 aromatic heterocycles. The standard InChI is InChI=1S/C37H40F2N6O7S/c1-21-34(42-30-17-23(38)13-16-28(30)40-21)52-24-18-31-33(47)43-37(36(49)44-53(50,51)25-14-15-25)19-22(37)9-5-3-2-4-6-12-29(35(48)45(31)20-24)41-32(46)26-10-7-8-11-27(26)39/h5,7-11,13,16-17,22,24-25,29,31H,2-4,6,12,14-15,18-20H2,1H3,(H,41,46)(H,43,47)(H,44,49)/b9-5-. The fourth-order valence-corrected chi connectivity index (χ4v) is 8.46. The first-order valence-corrected chi connectivity index (χ1v) is 19.4. The highest BCUT2D eigenvalue weighted by Crippen LogP contribution is 2.46. The molecule has 4 aliphatic rings. The van der Waals surface area contributed by atoms with Gasteiger partial charge in [0, 0.05) is 18.4 Å². The minimum atomic E-state index is -3.93. The predicted molar refractivity (Wildman–Crippen MR) is 188 cm³/mol. The van der Waals surface area contributed by atoms with E-state index in [1.807, 2.05) is 12.2 Å². The molecule has 5 unspecified atom stereocenters. The van der Waals surface area contributed by atoms with Crippen molar-refractivity contribution < 1.29 is 41.1 Å². The molecule has 7 rings (SSSR count). The van der Waals surface area contributed by atoms with Gasteiger partial charge in [0.05, 0.1) is 28.4 Å². The zero-order valence-electron chi connectivity index (χ0n) is 29.0. The third-order valence-electron chi connectivity index (χ3n) is 10.3. The normalized spacial score (nSPS) is 27.0. The van der Waals surface area contributed by atoms with Gasteiger partial charge in [-0.05, 0) is 69.7 Å². The summed E-state index contributed by atoms with van der Waals surface area (Å²) in [4.78, 5) is 65.9. The van der Waals surface area contributed by atoms with Crippen LogP contribution in [0.2, 0.25) is 0 Å². The number of carbonyl (C=O) groups is 4. The monoisotopic (exact) mass is 750 g/mol. The van der Waals surface area contributed by atoms with Crippen molar-refractivity contribution in [3.8, 4) is 5.88 Å². The quantitative estimate of drug-likeness (QED) is 0.306. The molecular weight excluding hydrogens is 711 g/mol. The van der Waals surface area contributed by atoms with Crippen LogP contribution in [0.4, 0.5) is 8.78 Å². The molecule has 1 saturated heterocycles. The molecule has 4 amide bonds. The Bertz CT molecular complexity index is 2110. The molecular formula is C37H40F2N6O7S. The number of nitrogens with zero attached hydrogens (tertiary/aromatic N) is 3. The number of rotatable bonds is 7. The Hall–Kier alpha value is -4.99. The molecule has 2 saturated carbocycles. The number of ether oxygens (including phenoxy) is 1. The molecule has 2 aliphatic carbocycles. The number of fused-ring (bicyclic) bond motifs is 3. The zero-order chi connectivity index (χ0) is 37.5. The molecule has 5 atom stereocenters. The number of aromatic nitrogens is 2. The predicted octanol–water partition coefficient (Wildman–Crippen LogP) is 3.37. The number of hydrogen-bond acceptors (Lipinski definition) is 9. The molecule has 3 aromatic rings. The van der Waals surface area contributed by atoms with Crippen molar-refractivity contribution >= 4 is 44.7 Å². The van der Waals surface area contributed by atoms with E-state index in [1.54, 1.807) is 6.92 Å². The Morgan fingerprint density at radius 3 is 2.58 bits per heavy atom. The second kappa shape index (κ2) is 14.4. The van der Waals surface area contributed by atoms with Gasteiger partial charge in [-0.15, -0.1) is 0 Å². The number of amides is 4. The minimum absolute atomic E-state index is 0.0631. The second-order valence-corrected chi connectivity index (χ2v) is 16.2. The van der Waals surface area contributed by atoms with Crippen LogP contribution in [0, 0.1) is 24.5 Å². The van der Waals surface area contributed by atoms with Crippen molar-refractivity contribution in [2.45, 2.75) is 93.7 Å². The summed E-state index contributed by atoms with van der Waals surface area (Å²) in [5.74, 6) is -4.64. The smallest absolute Gasteiger partial charge is 0.259 e. The molecule has 53 heavy (non-hydrogen) atoms. The zero-order valence-corrected chi connectivity index (χ0v) is 29.8. The molecule has 16 heteroatoms. The van der Waals surface area contributed by atoms with Gasteiger partial charge in [0.2, 0.25) is 27.7 Å². The van der Waals surface area contributed by atoms with Crippen molar-refractivity contribution in [3.05, 3.63) is 77.5 Å². The van der Waals surface area contributed by atoms with E-state index in [0.29, 0.717) is 43.3 Å². The molecule has 3 heterocycles. The third-order valence-corrected chi connectivity index (χ3v) is 12.1. The van der Waals surface area contributed by atoms with Gasteiger partial charge < -0.3 is 20.3 Å². The van der Waals surface area contributed by atoms with Crippen LogP contribution in [0.1, 0.15) is 73.8 Å². The van der Waals surface area contributed by atoms with E-state index in [1.165, 1.54) is 41.3 Å². The SMILES string of the molecule is Cc1nc2ccc(F)cc2nc1OC1CC2C(=O)NC3(C(=O)NS(=O)(=O)C4CC4)CC3/C=C\CCCCCC(NC(=O)c3ccccc3F)C(=O)N2C1. The molecule has 0 spiro atoms. The Morgan fingerprint density at radius 2 is 1.81 bits per heavy atom. The van der Waals surface area contributed by atoms with Gasteiger partial charge in [0.25, 0.3) is 11.8 Å². The maximum Gasteiger partial charge on any atom is 0.259 e. The topological polar surface area (TPSA) is 177 Å². The molecule has 280 valence electrons. The van der Waals surface area contributed by atoms with E-state index in [2.05, 4.69) is 25.3 Å². The number of sulfonamides is 1. The first kappa shape index (κ1) is 36.4. The van der Waals surface area contributed by atoms with Gasteiger partial charge in [0.1, 0.15) is 41.1 Å². The van der Waals surface area contributed by atoms with E-state index in [4.69, 9.17) is 4.74 Å². The summed E-state index contributed by atoms with van der Waals surface area (Å²) in [6, 6.07) is 7.00. The largest absolute Gasteiger partial charge is 0.471 e. The lowest BCUT2D eigenvalue weighted by atomic mass is 10.0. The number of benzene rings is 2. The van der Waals surface area contributed by atoms with Crippen molar-refractivity contribution in [1.29, 1.82) is 0 Å². The number of nitrogens with one attached hydrogen (secondary N) is 3. The van der Waals surface area contributed by atoms with E-state index in [0.717, 1.165) is 12.5 Å². The van der Waals surface area contributed by atoms with Gasteiger partial charge >= 0.3 is 0 Å². The van der Waals surface area contributed by atoms with Crippen LogP contribution in [-0.2, 0) is 24.4 Å². The first-order chi connectivity index (χ1) is 25.3. The van der Waals surface area contributed by atoms with Crippen LogP contribution in [-0.4, -0.2) is 82.4 Å². The Morgan fingerprint density at radius 1 is 1.02 bits per heavy atom. The summed E-state index contributed by atoms with van der Waals surface area (Å²) < 4.78 is 62.6. The summed E-state index contributed by atoms with van der Waals surface area (Å²) in [6.07, 6.45) is 6.65. The average molecular weight is 751 g/mol. The molecule has 0 bridgehead atoms. The third kappa shape index (κ3) is 7.73. The van der Waals surface area contributed by atoms with Crippen LogP contribution in [0.15, 0.2) is 54.6 Å². The molecule has 2 aliphatic heterocycles. The molecule has 3 fully saturated rings. The maximum atomic E-state index is 14.6. The number of aryl methyl sites for hydroxylation is 1. The van der Waals surface area contributed by atoms with Crippen molar-refractivity contribution in [2.75, 3.05) is 6.54 Å². The first-order valence-electron chi connectivity index (χ1n) is 17.9. The van der Waals surface area contributed by atoms with Crippen molar-refractivity contribution in [1.82, 2.24) is 30.2 Å². The van der Waals surface area contributed by atoms with Crippen LogP contribution >= 0.6 is 0 Å². The van der Waals surface area contributed by atoms with Gasteiger partial charge in [-0.3, -0.25) is 23.9 Å². The van der Waals surface area contributed by atoms with Gasteiger partial charge in [-0.2, -0.15) is 0 Å². The minimum Gasteiger partial charge on any atom is -0.471 e. The van der Waals surface area contributed by atoms with E-state index in [9.17, 15) is 36.4 Å². The number of halogens is 2. The summed E-state index contributed by atoms with van der Waals surface area (Å²) >= 11 is 0. The fourth-order valence-electron chi connectivity index (χ4n) is 7.10. The van der Waals surface area contributed by atoms with Crippen molar-refractivity contribution in [2.24, 2.45) is 5.92 Å². The number of carbonyl (C=O) groups excluding carboxylic acids is 4. The highest BCUT2D eigenvalue weighted by Gasteiger charge is 2.62. The summed E-state index contributed by atoms with van der Waals surface area (Å²) in [5.41, 5.74) is -0.732. The second-order valence-electron chi connectivity index (χ2n) is 14.2. The van der Waals surface area contributed by atoms with E-state index >= 15 is 0 Å². The summed E-state index contributed by atoms with van der Waals surface area (Å²) in [6.45, 7) is 1.52. The average Bonchev–Trinajstić information content (AvgIpc) is 4.04. The van der Waals surface area contributed by atoms with Gasteiger partial charge in [0.15, 0.2) is 0 Å². The van der Waals surface area contributed by atoms with Crippen LogP contribution in [0.3, 0.4) is 0 Å². The molecule has 2 aromatic carbocycles. The Labute approximate surface area is 305 Å². The lowest BCUT2D eigenvalue weighted by molar-refractivity contribution is -0.141. The summed E-state index contributed by atoms with van der Waals surface area (Å²) in [5, 5.41) is 4.82.